The molecular formula is C21H22BrN5O. The van der Waals surface area contributed by atoms with E-state index in [2.05, 4.69) is 54.7 Å². The van der Waals surface area contributed by atoms with Crippen molar-refractivity contribution in [2.75, 3.05) is 5.32 Å². The molecule has 1 heterocycles. The highest BCUT2D eigenvalue weighted by atomic mass is 79.9. The van der Waals surface area contributed by atoms with Crippen molar-refractivity contribution in [3.8, 4) is 6.07 Å². The van der Waals surface area contributed by atoms with Crippen LogP contribution in [0.15, 0.2) is 46.8 Å². The Hall–Kier alpha value is -2.72. The number of nitriles is 1. The minimum atomic E-state index is -0.420. The molecule has 1 unspecified atom stereocenters. The highest BCUT2D eigenvalue weighted by molar-refractivity contribution is 9.10. The van der Waals surface area contributed by atoms with Gasteiger partial charge in [-0.1, -0.05) is 25.1 Å². The predicted molar refractivity (Wildman–Crippen MR) is 111 cm³/mol. The Balaban J connectivity index is 1.70. The summed E-state index contributed by atoms with van der Waals surface area (Å²) in [6.45, 7) is 2.02. The van der Waals surface area contributed by atoms with Crippen molar-refractivity contribution in [2.24, 2.45) is 0 Å². The number of fused-ring (bicyclic) bond motifs is 1. The number of anilines is 1. The molecule has 1 aromatic heterocycles. The summed E-state index contributed by atoms with van der Waals surface area (Å²) in [5.74, 6) is -0.109. The summed E-state index contributed by atoms with van der Waals surface area (Å²) in [4.78, 5) is 20.7. The molecule has 0 bridgehead atoms. The van der Waals surface area contributed by atoms with E-state index in [1.54, 1.807) is 12.4 Å². The Kier molecular flexibility index (Phi) is 6.77. The molecule has 1 amide bonds. The quantitative estimate of drug-likeness (QED) is 0.519. The van der Waals surface area contributed by atoms with Crippen LogP contribution in [0.25, 0.3) is 0 Å². The average molecular weight is 440 g/mol. The smallest absolute Gasteiger partial charge is 0.263 e. The molecule has 28 heavy (non-hydrogen) atoms. The highest BCUT2D eigenvalue weighted by Gasteiger charge is 2.18. The number of hydrogen-bond donors (Lipinski definition) is 2. The first-order valence-electron chi connectivity index (χ1n) is 9.37. The fourth-order valence-corrected chi connectivity index (χ4v) is 3.50. The lowest BCUT2D eigenvalue weighted by atomic mass is 9.88. The summed E-state index contributed by atoms with van der Waals surface area (Å²) in [7, 11) is 0. The van der Waals surface area contributed by atoms with E-state index in [1.807, 2.05) is 13.0 Å². The lowest BCUT2D eigenvalue weighted by Crippen LogP contribution is -2.29. The molecule has 144 valence electrons. The van der Waals surface area contributed by atoms with Crippen LogP contribution >= 0.6 is 15.9 Å². The van der Waals surface area contributed by atoms with E-state index in [-0.39, 0.29) is 11.6 Å². The van der Waals surface area contributed by atoms with E-state index in [0.29, 0.717) is 5.95 Å². The van der Waals surface area contributed by atoms with Crippen LogP contribution in [0.1, 0.15) is 48.9 Å². The fraction of sp³-hybridized carbons (Fsp3) is 0.333. The van der Waals surface area contributed by atoms with Gasteiger partial charge in [-0.25, -0.2) is 9.97 Å². The van der Waals surface area contributed by atoms with Crippen LogP contribution < -0.4 is 10.6 Å². The number of amides is 1. The van der Waals surface area contributed by atoms with Gasteiger partial charge in [0.2, 0.25) is 5.95 Å². The van der Waals surface area contributed by atoms with Gasteiger partial charge in [0.05, 0.1) is 10.5 Å². The first-order chi connectivity index (χ1) is 13.6. The Morgan fingerprint density at radius 2 is 2.00 bits per heavy atom. The Morgan fingerprint density at radius 1 is 1.29 bits per heavy atom. The summed E-state index contributed by atoms with van der Waals surface area (Å²) in [6, 6.07) is 8.26. The standard InChI is InChI=1S/C21H22BrN5O/c1-2-19(16-8-7-14-5-3-4-6-15(14)9-16)27-20(28)17(10-23)11-24-21-25-12-18(22)13-26-21/h7-9,11-13,19H,2-6H2,1H3,(H,27,28)(H,24,25,26)/b17-11-. The van der Waals surface area contributed by atoms with Crippen LogP contribution in [0, 0.1) is 11.3 Å². The van der Waals surface area contributed by atoms with E-state index in [1.165, 1.54) is 30.2 Å². The van der Waals surface area contributed by atoms with Gasteiger partial charge in [-0.15, -0.1) is 0 Å². The number of nitrogens with one attached hydrogen (secondary N) is 2. The monoisotopic (exact) mass is 439 g/mol. The molecule has 0 aliphatic heterocycles. The predicted octanol–water partition coefficient (Wildman–Crippen LogP) is 4.20. The normalized spacial score (nSPS) is 14.5. The van der Waals surface area contributed by atoms with E-state index in [9.17, 15) is 10.1 Å². The third-order valence-corrected chi connectivity index (χ3v) is 5.23. The Bertz CT molecular complexity index is 917. The molecule has 0 radical (unpaired) electrons. The Morgan fingerprint density at radius 3 is 2.68 bits per heavy atom. The molecule has 6 nitrogen and oxygen atoms in total. The van der Waals surface area contributed by atoms with E-state index >= 15 is 0 Å². The van der Waals surface area contributed by atoms with Crippen molar-refractivity contribution in [2.45, 2.75) is 45.1 Å². The van der Waals surface area contributed by atoms with Crippen LogP contribution in [-0.2, 0) is 17.6 Å². The van der Waals surface area contributed by atoms with Crippen LogP contribution in [0.3, 0.4) is 0 Å². The third kappa shape index (κ3) is 4.96. The van der Waals surface area contributed by atoms with Gasteiger partial charge in [-0.3, -0.25) is 4.79 Å². The molecule has 1 aromatic carbocycles. The van der Waals surface area contributed by atoms with Gasteiger partial charge < -0.3 is 10.6 Å². The van der Waals surface area contributed by atoms with Gasteiger partial charge in [0.1, 0.15) is 11.6 Å². The molecule has 0 saturated heterocycles. The van der Waals surface area contributed by atoms with Crippen LogP contribution in [0.4, 0.5) is 5.95 Å². The van der Waals surface area contributed by atoms with Gasteiger partial charge in [-0.05, 0) is 64.7 Å². The number of aromatic nitrogens is 2. The van der Waals surface area contributed by atoms with Crippen LogP contribution in [-0.4, -0.2) is 15.9 Å². The Labute approximate surface area is 173 Å². The minimum absolute atomic E-state index is 0.0251. The topological polar surface area (TPSA) is 90.7 Å². The zero-order valence-electron chi connectivity index (χ0n) is 15.7. The van der Waals surface area contributed by atoms with E-state index in [4.69, 9.17) is 0 Å². The lowest BCUT2D eigenvalue weighted by Gasteiger charge is -2.21. The molecule has 7 heteroatoms. The average Bonchev–Trinajstić information content (AvgIpc) is 2.73. The maximum atomic E-state index is 12.6. The van der Waals surface area contributed by atoms with Crippen molar-refractivity contribution < 1.29 is 4.79 Å². The SMILES string of the molecule is CCC(NC(=O)/C(C#N)=C\Nc1ncc(Br)cn1)c1ccc2c(c1)CCCC2. The molecule has 0 saturated carbocycles. The van der Waals surface area contributed by atoms with E-state index in [0.717, 1.165) is 29.3 Å². The first-order valence-corrected chi connectivity index (χ1v) is 10.2. The van der Waals surface area contributed by atoms with Crippen LogP contribution in [0.2, 0.25) is 0 Å². The van der Waals surface area contributed by atoms with Crippen molar-refractivity contribution in [1.82, 2.24) is 15.3 Å². The fourth-order valence-electron chi connectivity index (χ4n) is 3.30. The van der Waals surface area contributed by atoms with Crippen molar-refractivity contribution in [1.29, 1.82) is 5.26 Å². The highest BCUT2D eigenvalue weighted by Crippen LogP contribution is 2.26. The summed E-state index contributed by atoms with van der Waals surface area (Å²) in [5.41, 5.74) is 3.84. The molecule has 1 aliphatic rings. The second-order valence-corrected chi connectivity index (χ2v) is 7.62. The van der Waals surface area contributed by atoms with Gasteiger partial charge in [-0.2, -0.15) is 5.26 Å². The first kappa shape index (κ1) is 20.0. The van der Waals surface area contributed by atoms with Gasteiger partial charge in [0.15, 0.2) is 0 Å². The van der Waals surface area contributed by atoms with E-state index < -0.39 is 5.91 Å². The zero-order valence-corrected chi connectivity index (χ0v) is 17.3. The second-order valence-electron chi connectivity index (χ2n) is 6.71. The molecule has 3 rings (SSSR count). The third-order valence-electron chi connectivity index (χ3n) is 4.82. The molecular weight excluding hydrogens is 418 g/mol. The molecule has 2 N–H and O–H groups in total. The number of benzene rings is 1. The number of rotatable bonds is 6. The number of nitrogens with zero attached hydrogens (tertiary/aromatic N) is 3. The van der Waals surface area contributed by atoms with Gasteiger partial charge >= 0.3 is 0 Å². The second kappa shape index (κ2) is 9.47. The van der Waals surface area contributed by atoms with Gasteiger partial charge in [0, 0.05) is 18.6 Å². The lowest BCUT2D eigenvalue weighted by molar-refractivity contribution is -0.117. The van der Waals surface area contributed by atoms with Crippen molar-refractivity contribution >= 4 is 27.8 Å². The molecule has 0 spiro atoms. The maximum Gasteiger partial charge on any atom is 0.263 e. The molecule has 0 fully saturated rings. The zero-order chi connectivity index (χ0) is 19.9. The number of carbonyl (C=O) groups is 1. The summed E-state index contributed by atoms with van der Waals surface area (Å²) in [5, 5.41) is 15.1. The summed E-state index contributed by atoms with van der Waals surface area (Å²) < 4.78 is 0.746. The number of aryl methyl sites for hydroxylation is 2. The molecule has 2 aromatic rings. The van der Waals surface area contributed by atoms with Crippen molar-refractivity contribution in [3.05, 3.63) is 63.5 Å². The number of carbonyl (C=O) groups excluding carboxylic acids is 1. The number of halogens is 1. The van der Waals surface area contributed by atoms with Crippen LogP contribution in [0.5, 0.6) is 0 Å². The molecule has 1 atom stereocenters. The largest absolute Gasteiger partial charge is 0.345 e. The molecule has 1 aliphatic carbocycles. The summed E-state index contributed by atoms with van der Waals surface area (Å²) in [6.07, 6.45) is 9.91. The number of hydrogen-bond acceptors (Lipinski definition) is 5. The minimum Gasteiger partial charge on any atom is -0.345 e. The van der Waals surface area contributed by atoms with Gasteiger partial charge in [0.25, 0.3) is 5.91 Å². The van der Waals surface area contributed by atoms with Crippen molar-refractivity contribution in [3.63, 3.8) is 0 Å². The maximum absolute atomic E-state index is 12.6. The summed E-state index contributed by atoms with van der Waals surface area (Å²) >= 11 is 3.26.